The quantitative estimate of drug-likeness (QED) is 0.751. The van der Waals surface area contributed by atoms with Gasteiger partial charge >= 0.3 is 0 Å². The second-order valence-electron chi connectivity index (χ2n) is 6.73. The van der Waals surface area contributed by atoms with E-state index in [0.29, 0.717) is 6.42 Å². The van der Waals surface area contributed by atoms with Gasteiger partial charge in [0.2, 0.25) is 0 Å². The van der Waals surface area contributed by atoms with Gasteiger partial charge in [0.1, 0.15) is 0 Å². The zero-order valence-electron chi connectivity index (χ0n) is 11.8. The van der Waals surface area contributed by atoms with Gasteiger partial charge in [-0.3, -0.25) is 4.79 Å². The van der Waals surface area contributed by atoms with Crippen molar-refractivity contribution in [2.45, 2.75) is 53.1 Å². The number of rotatable bonds is 1. The third kappa shape index (κ3) is 1.68. The van der Waals surface area contributed by atoms with Crippen LogP contribution in [-0.2, 0) is 4.79 Å². The number of aliphatic hydroxyl groups is 2. The van der Waals surface area contributed by atoms with Crippen LogP contribution in [0.15, 0.2) is 11.1 Å². The van der Waals surface area contributed by atoms with E-state index in [0.717, 1.165) is 24.0 Å². The maximum absolute atomic E-state index is 12.1. The van der Waals surface area contributed by atoms with E-state index in [2.05, 4.69) is 6.92 Å². The van der Waals surface area contributed by atoms with Gasteiger partial charge in [0.15, 0.2) is 5.78 Å². The third-order valence-corrected chi connectivity index (χ3v) is 5.57. The monoisotopic (exact) mass is 252 g/mol. The minimum Gasteiger partial charge on any atom is -0.393 e. The van der Waals surface area contributed by atoms with Crippen LogP contribution < -0.4 is 0 Å². The van der Waals surface area contributed by atoms with Crippen molar-refractivity contribution in [1.29, 1.82) is 0 Å². The van der Waals surface area contributed by atoms with Crippen molar-refractivity contribution in [3.8, 4) is 0 Å². The summed E-state index contributed by atoms with van der Waals surface area (Å²) in [6.45, 7) is 8.02. The SMILES string of the molecule is CC1=C(CO)[C@@]2(C)CC[C@@H](O)C(C)(C)[C@@H]2CC1=O. The van der Waals surface area contributed by atoms with Crippen LogP contribution in [0.5, 0.6) is 0 Å². The van der Waals surface area contributed by atoms with Crippen LogP contribution in [0.2, 0.25) is 0 Å². The van der Waals surface area contributed by atoms with Gasteiger partial charge < -0.3 is 10.2 Å². The first-order valence-electron chi connectivity index (χ1n) is 6.77. The number of aliphatic hydroxyl groups excluding tert-OH is 2. The van der Waals surface area contributed by atoms with Crippen LogP contribution in [0.3, 0.4) is 0 Å². The van der Waals surface area contributed by atoms with E-state index in [1.807, 2.05) is 20.8 Å². The summed E-state index contributed by atoms with van der Waals surface area (Å²) in [6, 6.07) is 0. The maximum Gasteiger partial charge on any atom is 0.158 e. The van der Waals surface area contributed by atoms with Gasteiger partial charge in [-0.15, -0.1) is 0 Å². The molecule has 0 unspecified atom stereocenters. The lowest BCUT2D eigenvalue weighted by atomic mass is 9.49. The van der Waals surface area contributed by atoms with E-state index >= 15 is 0 Å². The molecule has 2 N–H and O–H groups in total. The molecule has 0 radical (unpaired) electrons. The summed E-state index contributed by atoms with van der Waals surface area (Å²) >= 11 is 0. The Morgan fingerprint density at radius 1 is 1.33 bits per heavy atom. The zero-order valence-corrected chi connectivity index (χ0v) is 11.8. The Balaban J connectivity index is 2.54. The number of Topliss-reactive ketones (excluding diaryl/α,β-unsaturated/α-hetero) is 1. The molecule has 3 heteroatoms. The molecule has 0 aromatic rings. The van der Waals surface area contributed by atoms with Gasteiger partial charge in [-0.05, 0) is 47.7 Å². The number of carbonyl (C=O) groups is 1. The maximum atomic E-state index is 12.1. The van der Waals surface area contributed by atoms with Gasteiger partial charge in [0.25, 0.3) is 0 Å². The summed E-state index contributed by atoms with van der Waals surface area (Å²) in [5.74, 6) is 0.246. The summed E-state index contributed by atoms with van der Waals surface area (Å²) in [5.41, 5.74) is 1.21. The van der Waals surface area contributed by atoms with Gasteiger partial charge in [0.05, 0.1) is 12.7 Å². The molecule has 3 atom stereocenters. The van der Waals surface area contributed by atoms with E-state index in [-0.39, 0.29) is 35.2 Å². The lowest BCUT2D eigenvalue weighted by Gasteiger charge is -2.56. The molecule has 1 saturated carbocycles. The Labute approximate surface area is 109 Å². The average molecular weight is 252 g/mol. The summed E-state index contributed by atoms with van der Waals surface area (Å²) in [7, 11) is 0. The standard InChI is InChI=1S/C15H24O3/c1-9-10(8-16)15(4)6-5-13(18)14(2,3)12(15)7-11(9)17/h12-13,16,18H,5-8H2,1-4H3/t12-,13+,15+/m0/s1. The zero-order chi connectivity index (χ0) is 13.7. The van der Waals surface area contributed by atoms with Gasteiger partial charge in [-0.25, -0.2) is 0 Å². The number of ketones is 1. The molecule has 0 bridgehead atoms. The van der Waals surface area contributed by atoms with Crippen LogP contribution in [0, 0.1) is 16.7 Å². The largest absolute Gasteiger partial charge is 0.393 e. The van der Waals surface area contributed by atoms with Crippen molar-refractivity contribution in [1.82, 2.24) is 0 Å². The van der Waals surface area contributed by atoms with Gasteiger partial charge in [-0.1, -0.05) is 20.8 Å². The minimum absolute atomic E-state index is 0.0449. The number of hydrogen-bond donors (Lipinski definition) is 2. The molecule has 0 aromatic carbocycles. The predicted molar refractivity (Wildman–Crippen MR) is 70.0 cm³/mol. The highest BCUT2D eigenvalue weighted by Crippen LogP contribution is 2.58. The summed E-state index contributed by atoms with van der Waals surface area (Å²) in [6.07, 6.45) is 1.73. The number of hydrogen-bond acceptors (Lipinski definition) is 3. The molecular formula is C15H24O3. The normalized spacial score (nSPS) is 39.8. The molecule has 1 fully saturated rings. The van der Waals surface area contributed by atoms with Crippen molar-refractivity contribution >= 4 is 5.78 Å². The van der Waals surface area contributed by atoms with Crippen LogP contribution in [0.4, 0.5) is 0 Å². The highest BCUT2D eigenvalue weighted by molar-refractivity contribution is 5.97. The minimum atomic E-state index is -0.360. The highest BCUT2D eigenvalue weighted by atomic mass is 16.3. The van der Waals surface area contributed by atoms with E-state index in [4.69, 9.17) is 0 Å². The third-order valence-electron chi connectivity index (χ3n) is 5.57. The van der Waals surface area contributed by atoms with E-state index < -0.39 is 0 Å². The fourth-order valence-corrected chi connectivity index (χ4v) is 4.12. The Morgan fingerprint density at radius 3 is 2.50 bits per heavy atom. The number of carbonyl (C=O) groups excluding carboxylic acids is 1. The molecule has 0 amide bonds. The number of fused-ring (bicyclic) bond motifs is 1. The fourth-order valence-electron chi connectivity index (χ4n) is 4.12. The van der Waals surface area contributed by atoms with Gasteiger partial charge in [0, 0.05) is 6.42 Å². The Morgan fingerprint density at radius 2 is 1.94 bits per heavy atom. The summed E-state index contributed by atoms with van der Waals surface area (Å²) < 4.78 is 0. The van der Waals surface area contributed by atoms with Crippen LogP contribution in [-0.4, -0.2) is 28.7 Å². The predicted octanol–water partition coefficient (Wildman–Crippen LogP) is 2.07. The molecule has 0 aromatic heterocycles. The molecule has 0 saturated heterocycles. The molecular weight excluding hydrogens is 228 g/mol. The lowest BCUT2D eigenvalue weighted by molar-refractivity contribution is -0.129. The van der Waals surface area contributed by atoms with Crippen molar-refractivity contribution in [2.75, 3.05) is 6.61 Å². The van der Waals surface area contributed by atoms with E-state index in [9.17, 15) is 15.0 Å². The van der Waals surface area contributed by atoms with Crippen LogP contribution in [0.1, 0.15) is 47.0 Å². The van der Waals surface area contributed by atoms with Crippen molar-refractivity contribution in [3.05, 3.63) is 11.1 Å². The van der Waals surface area contributed by atoms with Crippen LogP contribution >= 0.6 is 0 Å². The molecule has 3 nitrogen and oxygen atoms in total. The Hall–Kier alpha value is -0.670. The molecule has 18 heavy (non-hydrogen) atoms. The molecule has 0 aliphatic heterocycles. The van der Waals surface area contributed by atoms with Gasteiger partial charge in [-0.2, -0.15) is 0 Å². The summed E-state index contributed by atoms with van der Waals surface area (Å²) in [4.78, 5) is 12.1. The Kier molecular flexibility index (Phi) is 3.19. The second kappa shape index (κ2) is 4.17. The van der Waals surface area contributed by atoms with Crippen molar-refractivity contribution in [3.63, 3.8) is 0 Å². The van der Waals surface area contributed by atoms with Crippen LogP contribution in [0.25, 0.3) is 0 Å². The van der Waals surface area contributed by atoms with E-state index in [1.54, 1.807) is 0 Å². The van der Waals surface area contributed by atoms with Crippen molar-refractivity contribution in [2.24, 2.45) is 16.7 Å². The molecule has 0 heterocycles. The second-order valence-corrected chi connectivity index (χ2v) is 6.73. The molecule has 2 aliphatic carbocycles. The summed E-state index contributed by atoms with van der Waals surface area (Å²) in [5, 5.41) is 19.9. The lowest BCUT2D eigenvalue weighted by Crippen LogP contribution is -2.53. The first-order chi connectivity index (χ1) is 8.25. The van der Waals surface area contributed by atoms with E-state index in [1.165, 1.54) is 0 Å². The Bertz CT molecular complexity index is 408. The fraction of sp³-hybridized carbons (Fsp3) is 0.800. The first kappa shape index (κ1) is 13.8. The topological polar surface area (TPSA) is 57.5 Å². The smallest absolute Gasteiger partial charge is 0.158 e. The first-order valence-corrected chi connectivity index (χ1v) is 6.77. The molecule has 0 spiro atoms. The average Bonchev–Trinajstić information content (AvgIpc) is 2.30. The number of allylic oxidation sites excluding steroid dienone is 1. The molecule has 2 rings (SSSR count). The molecule has 102 valence electrons. The highest BCUT2D eigenvalue weighted by Gasteiger charge is 2.55. The molecule has 2 aliphatic rings. The van der Waals surface area contributed by atoms with Crippen molar-refractivity contribution < 1.29 is 15.0 Å².